The minimum atomic E-state index is 0.381. The molecule has 0 radical (unpaired) electrons. The fourth-order valence-electron chi connectivity index (χ4n) is 3.77. The molecule has 2 atom stereocenters. The van der Waals surface area contributed by atoms with Crippen molar-refractivity contribution in [2.45, 2.75) is 72.4 Å². The van der Waals surface area contributed by atoms with Crippen LogP contribution in [0.15, 0.2) is 6.33 Å². The Balaban J connectivity index is 2.15. The van der Waals surface area contributed by atoms with Crippen molar-refractivity contribution in [1.82, 2.24) is 20.1 Å². The van der Waals surface area contributed by atoms with E-state index in [-0.39, 0.29) is 0 Å². The second kappa shape index (κ2) is 6.25. The molecule has 0 amide bonds. The van der Waals surface area contributed by atoms with E-state index in [0.717, 1.165) is 24.7 Å². The third-order valence-corrected chi connectivity index (χ3v) is 4.83. The average molecular weight is 278 g/mol. The molecular weight excluding hydrogens is 248 g/mol. The number of hydrogen-bond donors (Lipinski definition) is 1. The number of hydrogen-bond acceptors (Lipinski definition) is 3. The van der Waals surface area contributed by atoms with Gasteiger partial charge in [0.05, 0.1) is 0 Å². The molecule has 1 aromatic rings. The van der Waals surface area contributed by atoms with Crippen LogP contribution >= 0.6 is 0 Å². The molecule has 114 valence electrons. The van der Waals surface area contributed by atoms with Crippen LogP contribution in [0.4, 0.5) is 0 Å². The summed E-state index contributed by atoms with van der Waals surface area (Å²) in [4.78, 5) is 4.49. The summed E-state index contributed by atoms with van der Waals surface area (Å²) < 4.78 is 2.06. The number of nitrogens with zero attached hydrogens (tertiary/aromatic N) is 3. The molecule has 1 saturated carbocycles. The predicted molar refractivity (Wildman–Crippen MR) is 82.7 cm³/mol. The van der Waals surface area contributed by atoms with E-state index in [0.29, 0.717) is 17.5 Å². The summed E-state index contributed by atoms with van der Waals surface area (Å²) in [5.74, 6) is 1.86. The first kappa shape index (κ1) is 15.5. The van der Waals surface area contributed by atoms with Crippen LogP contribution in [0.3, 0.4) is 0 Å². The summed E-state index contributed by atoms with van der Waals surface area (Å²) in [5, 5.41) is 8.07. The minimum Gasteiger partial charge on any atom is -0.314 e. The molecule has 1 aliphatic carbocycles. The van der Waals surface area contributed by atoms with Gasteiger partial charge in [-0.25, -0.2) is 9.67 Å². The van der Waals surface area contributed by atoms with Gasteiger partial charge in [0.1, 0.15) is 12.2 Å². The summed E-state index contributed by atoms with van der Waals surface area (Å²) in [6.45, 7) is 12.4. The fourth-order valence-corrected chi connectivity index (χ4v) is 3.77. The quantitative estimate of drug-likeness (QED) is 0.869. The maximum absolute atomic E-state index is 4.49. The monoisotopic (exact) mass is 278 g/mol. The van der Waals surface area contributed by atoms with Crippen molar-refractivity contribution in [1.29, 1.82) is 0 Å². The van der Waals surface area contributed by atoms with Crippen LogP contribution in [-0.4, -0.2) is 27.4 Å². The van der Waals surface area contributed by atoms with Gasteiger partial charge in [0, 0.05) is 18.5 Å². The van der Waals surface area contributed by atoms with Gasteiger partial charge < -0.3 is 5.32 Å². The number of nitrogens with one attached hydrogen (secondary N) is 1. The van der Waals surface area contributed by atoms with Crippen LogP contribution in [-0.2, 0) is 6.42 Å². The molecule has 2 unspecified atom stereocenters. The zero-order valence-corrected chi connectivity index (χ0v) is 13.7. The van der Waals surface area contributed by atoms with Crippen molar-refractivity contribution >= 4 is 0 Å². The van der Waals surface area contributed by atoms with Crippen molar-refractivity contribution in [3.05, 3.63) is 12.2 Å². The highest BCUT2D eigenvalue weighted by Gasteiger charge is 2.39. The zero-order chi connectivity index (χ0) is 14.8. The van der Waals surface area contributed by atoms with E-state index in [9.17, 15) is 0 Å². The Morgan fingerprint density at radius 1 is 1.45 bits per heavy atom. The van der Waals surface area contributed by atoms with Gasteiger partial charge in [-0.1, -0.05) is 27.2 Å². The van der Waals surface area contributed by atoms with Crippen molar-refractivity contribution in [3.63, 3.8) is 0 Å². The van der Waals surface area contributed by atoms with Crippen LogP contribution in [0.1, 0.15) is 65.7 Å². The van der Waals surface area contributed by atoms with E-state index in [4.69, 9.17) is 0 Å². The number of rotatable bonds is 6. The van der Waals surface area contributed by atoms with Crippen molar-refractivity contribution < 1.29 is 0 Å². The van der Waals surface area contributed by atoms with E-state index in [2.05, 4.69) is 54.7 Å². The van der Waals surface area contributed by atoms with Crippen LogP contribution in [0.25, 0.3) is 0 Å². The second-order valence-electron chi connectivity index (χ2n) is 7.07. The average Bonchev–Trinajstić information content (AvgIpc) is 2.94. The molecular formula is C16H30N4. The zero-order valence-electron chi connectivity index (χ0n) is 13.7. The fraction of sp³-hybridized carbons (Fsp3) is 0.875. The number of aromatic nitrogens is 3. The van der Waals surface area contributed by atoms with Crippen molar-refractivity contribution in [2.75, 3.05) is 6.54 Å². The molecule has 1 fully saturated rings. The first-order valence-corrected chi connectivity index (χ1v) is 8.07. The second-order valence-corrected chi connectivity index (χ2v) is 7.07. The Morgan fingerprint density at radius 3 is 2.75 bits per heavy atom. The lowest BCUT2D eigenvalue weighted by atomic mass is 9.76. The molecule has 1 heterocycles. The van der Waals surface area contributed by atoms with E-state index < -0.39 is 0 Å². The highest BCUT2D eigenvalue weighted by molar-refractivity contribution is 4.98. The highest BCUT2D eigenvalue weighted by Crippen LogP contribution is 2.44. The standard InChI is InChI=1S/C16H30N4/c1-6-17-14(13-8-7-9-16(13,4)5)10-15-18-11-19-20(15)12(2)3/h11-14,17H,6-10H2,1-5H3. The lowest BCUT2D eigenvalue weighted by Crippen LogP contribution is -2.42. The third-order valence-electron chi connectivity index (χ3n) is 4.83. The Bertz CT molecular complexity index is 422. The normalized spacial score (nSPS) is 23.4. The maximum atomic E-state index is 4.49. The molecule has 4 nitrogen and oxygen atoms in total. The summed E-state index contributed by atoms with van der Waals surface area (Å²) in [6.07, 6.45) is 6.71. The maximum Gasteiger partial charge on any atom is 0.138 e. The first-order valence-electron chi connectivity index (χ1n) is 8.07. The summed E-state index contributed by atoms with van der Waals surface area (Å²) in [5.41, 5.74) is 0.440. The Morgan fingerprint density at radius 2 is 2.20 bits per heavy atom. The smallest absolute Gasteiger partial charge is 0.138 e. The molecule has 20 heavy (non-hydrogen) atoms. The van der Waals surface area contributed by atoms with Crippen molar-refractivity contribution in [2.24, 2.45) is 11.3 Å². The molecule has 0 aliphatic heterocycles. The van der Waals surface area contributed by atoms with E-state index in [1.165, 1.54) is 19.3 Å². The van der Waals surface area contributed by atoms with Gasteiger partial charge in [0.25, 0.3) is 0 Å². The van der Waals surface area contributed by atoms with Crippen LogP contribution < -0.4 is 5.32 Å². The topological polar surface area (TPSA) is 42.7 Å². The largest absolute Gasteiger partial charge is 0.314 e. The van der Waals surface area contributed by atoms with Gasteiger partial charge >= 0.3 is 0 Å². The first-order chi connectivity index (χ1) is 9.45. The minimum absolute atomic E-state index is 0.381. The van der Waals surface area contributed by atoms with Gasteiger partial charge in [0.15, 0.2) is 0 Å². The molecule has 0 aromatic carbocycles. The Hall–Kier alpha value is -0.900. The lowest BCUT2D eigenvalue weighted by molar-refractivity contribution is 0.194. The van der Waals surface area contributed by atoms with Crippen LogP contribution in [0.2, 0.25) is 0 Å². The lowest BCUT2D eigenvalue weighted by Gasteiger charge is -2.34. The van der Waals surface area contributed by atoms with Gasteiger partial charge in [-0.15, -0.1) is 0 Å². The molecule has 1 N–H and O–H groups in total. The summed E-state index contributed by atoms with van der Waals surface area (Å²) in [7, 11) is 0. The number of likely N-dealkylation sites (N-methyl/N-ethyl adjacent to an activating group) is 1. The molecule has 4 heteroatoms. The van der Waals surface area contributed by atoms with Crippen LogP contribution in [0, 0.1) is 11.3 Å². The Labute approximate surface area is 123 Å². The molecule has 1 aromatic heterocycles. The summed E-state index contributed by atoms with van der Waals surface area (Å²) >= 11 is 0. The van der Waals surface area contributed by atoms with E-state index >= 15 is 0 Å². The molecule has 0 saturated heterocycles. The van der Waals surface area contributed by atoms with Gasteiger partial charge in [-0.2, -0.15) is 5.10 Å². The molecule has 2 rings (SSSR count). The SMILES string of the molecule is CCNC(Cc1ncnn1C(C)C)C1CCCC1(C)C. The van der Waals surface area contributed by atoms with Crippen LogP contribution in [0.5, 0.6) is 0 Å². The Kier molecular flexibility index (Phi) is 4.84. The predicted octanol–water partition coefficient (Wildman–Crippen LogP) is 3.21. The van der Waals surface area contributed by atoms with Gasteiger partial charge in [-0.3, -0.25) is 0 Å². The van der Waals surface area contributed by atoms with E-state index in [1.54, 1.807) is 6.33 Å². The van der Waals surface area contributed by atoms with Gasteiger partial charge in [-0.05, 0) is 44.6 Å². The highest BCUT2D eigenvalue weighted by atomic mass is 15.3. The third kappa shape index (κ3) is 3.22. The van der Waals surface area contributed by atoms with Gasteiger partial charge in [0.2, 0.25) is 0 Å². The summed E-state index contributed by atoms with van der Waals surface area (Å²) in [6, 6.07) is 0.894. The molecule has 0 bridgehead atoms. The molecule has 1 aliphatic rings. The van der Waals surface area contributed by atoms with Crippen molar-refractivity contribution in [3.8, 4) is 0 Å². The molecule has 0 spiro atoms. The van der Waals surface area contributed by atoms with E-state index in [1.807, 2.05) is 0 Å².